The van der Waals surface area contributed by atoms with Crippen molar-refractivity contribution in [3.8, 4) is 0 Å². The minimum absolute atomic E-state index is 0. The van der Waals surface area contributed by atoms with Crippen LogP contribution < -0.4 is 17.1 Å². The fraction of sp³-hybridized carbons (Fsp3) is 0.750. The molecule has 0 bridgehead atoms. The molecule has 1 heterocycles. The van der Waals surface area contributed by atoms with Gasteiger partial charge in [-0.3, -0.25) is 0 Å². The summed E-state index contributed by atoms with van der Waals surface area (Å²) in [7, 11) is 3.76. The molecule has 1 rings (SSSR count). The van der Waals surface area contributed by atoms with Crippen LogP contribution >= 0.6 is 0 Å². The number of halogens is 1. The molecule has 0 aliphatic rings. The Morgan fingerprint density at radius 3 is 2.22 bits per heavy atom. The van der Waals surface area contributed by atoms with Crippen LogP contribution in [0.15, 0.2) is 0 Å². The summed E-state index contributed by atoms with van der Waals surface area (Å²) < 4.78 is 1.86. The van der Waals surface area contributed by atoms with E-state index in [1.807, 2.05) is 25.7 Å². The molecule has 0 amide bonds. The lowest BCUT2D eigenvalue weighted by atomic mass is 10.7. The maximum Gasteiger partial charge on any atom is 0.297 e. The van der Waals surface area contributed by atoms with E-state index in [0.717, 1.165) is 5.82 Å². The molecule has 0 aliphatic heterocycles. The van der Waals surface area contributed by atoms with Crippen LogP contribution in [0, 0.1) is 6.92 Å². The second kappa shape index (κ2) is 2.77. The van der Waals surface area contributed by atoms with E-state index >= 15 is 0 Å². The Morgan fingerprint density at radius 2 is 2.11 bits per heavy atom. The molecule has 0 fully saturated rings. The maximum absolute atomic E-state index is 3.79. The number of hydrogen-bond acceptors (Lipinski definition) is 2. The van der Waals surface area contributed by atoms with Crippen molar-refractivity contribution < 1.29 is 17.1 Å². The summed E-state index contributed by atoms with van der Waals surface area (Å²) in [5.74, 6) is 0.924. The normalized spacial score (nSPS) is 8.78. The maximum atomic E-state index is 3.79. The van der Waals surface area contributed by atoms with E-state index in [4.69, 9.17) is 0 Å². The summed E-state index contributed by atoms with van der Waals surface area (Å²) >= 11 is 0. The summed E-state index contributed by atoms with van der Waals surface area (Å²) in [6.45, 7) is 1.91. The van der Waals surface area contributed by atoms with Crippen LogP contribution in [0.25, 0.3) is 0 Å². The Kier molecular flexibility index (Phi) is 2.58. The van der Waals surface area contributed by atoms with Gasteiger partial charge in [-0.05, 0) is 0 Å². The third-order valence-electron chi connectivity index (χ3n) is 1.22. The van der Waals surface area contributed by atoms with Crippen molar-refractivity contribution in [1.29, 1.82) is 0 Å². The number of tetrazole rings is 1. The number of rotatable bonds is 0. The third kappa shape index (κ3) is 1.38. The molecule has 1 aromatic heterocycles. The molecule has 0 saturated carbocycles. The summed E-state index contributed by atoms with van der Waals surface area (Å²) in [5, 5.41) is 7.54. The van der Waals surface area contributed by atoms with Gasteiger partial charge in [0.2, 0.25) is 0 Å². The fourth-order valence-corrected chi connectivity index (χ4v) is 0.464. The summed E-state index contributed by atoms with van der Waals surface area (Å²) in [6.07, 6.45) is 0. The molecule has 0 unspecified atom stereocenters. The van der Waals surface area contributed by atoms with Gasteiger partial charge < -0.3 is 12.4 Å². The van der Waals surface area contributed by atoms with Gasteiger partial charge in [-0.1, -0.05) is 4.80 Å². The Hall–Kier alpha value is -0.640. The van der Waals surface area contributed by atoms with E-state index in [1.165, 1.54) is 0 Å². The smallest absolute Gasteiger partial charge is 0.297 e. The van der Waals surface area contributed by atoms with Crippen molar-refractivity contribution >= 4 is 0 Å². The molecule has 1 aromatic rings. The molecule has 5 heteroatoms. The van der Waals surface area contributed by atoms with E-state index in [-0.39, 0.29) is 12.4 Å². The van der Waals surface area contributed by atoms with Gasteiger partial charge in [0.05, 0.1) is 14.1 Å². The average molecular weight is 149 g/mol. The number of nitrogens with zero attached hydrogens (tertiary/aromatic N) is 4. The lowest BCUT2D eigenvalue weighted by molar-refractivity contribution is -0.761. The highest BCUT2D eigenvalue weighted by Crippen LogP contribution is 1.70. The topological polar surface area (TPSA) is 34.6 Å². The first-order chi connectivity index (χ1) is 3.72. The first-order valence-corrected chi connectivity index (χ1v) is 2.44. The van der Waals surface area contributed by atoms with Gasteiger partial charge in [0.25, 0.3) is 5.82 Å². The molecule has 0 saturated heterocycles. The van der Waals surface area contributed by atoms with Gasteiger partial charge in [-0.15, -0.1) is 0 Å². The van der Waals surface area contributed by atoms with Crippen LogP contribution in [0.4, 0.5) is 0 Å². The zero-order chi connectivity index (χ0) is 6.15. The predicted octanol–water partition coefficient (Wildman–Crippen LogP) is -4.05. The summed E-state index contributed by atoms with van der Waals surface area (Å²) in [5.41, 5.74) is 0. The number of aromatic nitrogens is 4. The predicted molar refractivity (Wildman–Crippen MR) is 26.9 cm³/mol. The Balaban J connectivity index is 0.000000640. The third-order valence-corrected chi connectivity index (χ3v) is 1.22. The average Bonchev–Trinajstić information content (AvgIpc) is 1.98. The van der Waals surface area contributed by atoms with Crippen molar-refractivity contribution in [1.82, 2.24) is 15.1 Å². The van der Waals surface area contributed by atoms with Gasteiger partial charge >= 0.3 is 0 Å². The Bertz CT molecular complexity index is 175. The molecule has 9 heavy (non-hydrogen) atoms. The molecular weight excluding hydrogens is 140 g/mol. The highest BCUT2D eigenvalue weighted by molar-refractivity contribution is 4.54. The molecular formula is C4H9ClN4. The van der Waals surface area contributed by atoms with Gasteiger partial charge in [-0.2, -0.15) is 4.68 Å². The molecule has 52 valence electrons. The standard InChI is InChI=1S/C4H9N4.ClH/c1-4-5-6-8(3)7(4)2;/h1-3H3;1H/q+1;/p-1. The lowest BCUT2D eigenvalue weighted by Crippen LogP contribution is -3.00. The zero-order valence-electron chi connectivity index (χ0n) is 5.67. The second-order valence-electron chi connectivity index (χ2n) is 1.75. The first-order valence-electron chi connectivity index (χ1n) is 2.44. The van der Waals surface area contributed by atoms with Crippen LogP contribution in [-0.4, -0.2) is 15.1 Å². The van der Waals surface area contributed by atoms with E-state index in [9.17, 15) is 0 Å². The minimum Gasteiger partial charge on any atom is -1.00 e. The van der Waals surface area contributed by atoms with Crippen molar-refractivity contribution in [2.45, 2.75) is 6.92 Å². The SMILES string of the molecule is Cc1nnn(C)[n+]1C.[Cl-]. The van der Waals surface area contributed by atoms with Gasteiger partial charge in [0.1, 0.15) is 5.10 Å². The quantitative estimate of drug-likeness (QED) is 0.351. The monoisotopic (exact) mass is 148 g/mol. The van der Waals surface area contributed by atoms with E-state index in [1.54, 1.807) is 4.80 Å². The van der Waals surface area contributed by atoms with Crippen LogP contribution in [0.5, 0.6) is 0 Å². The number of aryl methyl sites for hydroxylation is 2. The molecule has 0 atom stereocenters. The van der Waals surface area contributed by atoms with Crippen LogP contribution in [0.3, 0.4) is 0 Å². The molecule has 4 nitrogen and oxygen atoms in total. The molecule has 0 spiro atoms. The van der Waals surface area contributed by atoms with E-state index in [2.05, 4.69) is 10.3 Å². The van der Waals surface area contributed by atoms with E-state index < -0.39 is 0 Å². The molecule has 0 N–H and O–H groups in total. The van der Waals surface area contributed by atoms with Crippen molar-refractivity contribution in [2.24, 2.45) is 14.1 Å². The van der Waals surface area contributed by atoms with Gasteiger partial charge in [0, 0.05) is 6.92 Å². The lowest BCUT2D eigenvalue weighted by Gasteiger charge is -1.84. The Labute approximate surface area is 59.9 Å². The first kappa shape index (κ1) is 8.36. The zero-order valence-corrected chi connectivity index (χ0v) is 6.42. The fourth-order valence-electron chi connectivity index (χ4n) is 0.464. The Morgan fingerprint density at radius 1 is 1.56 bits per heavy atom. The highest BCUT2D eigenvalue weighted by atomic mass is 35.5. The summed E-state index contributed by atoms with van der Waals surface area (Å²) in [6, 6.07) is 0. The van der Waals surface area contributed by atoms with Crippen LogP contribution in [-0.2, 0) is 14.1 Å². The minimum atomic E-state index is 0. The van der Waals surface area contributed by atoms with E-state index in [0.29, 0.717) is 0 Å². The highest BCUT2D eigenvalue weighted by Gasteiger charge is 2.05. The largest absolute Gasteiger partial charge is 1.00 e. The van der Waals surface area contributed by atoms with Gasteiger partial charge in [0.15, 0.2) is 5.21 Å². The van der Waals surface area contributed by atoms with Crippen LogP contribution in [0.1, 0.15) is 5.82 Å². The van der Waals surface area contributed by atoms with Crippen molar-refractivity contribution in [3.05, 3.63) is 5.82 Å². The molecule has 0 radical (unpaired) electrons. The van der Waals surface area contributed by atoms with Crippen molar-refractivity contribution in [3.63, 3.8) is 0 Å². The van der Waals surface area contributed by atoms with Gasteiger partial charge in [-0.25, -0.2) is 0 Å². The molecule has 0 aromatic carbocycles. The van der Waals surface area contributed by atoms with Crippen molar-refractivity contribution in [2.75, 3.05) is 0 Å². The second-order valence-corrected chi connectivity index (χ2v) is 1.75. The van der Waals surface area contributed by atoms with Crippen LogP contribution in [0.2, 0.25) is 0 Å². The summed E-state index contributed by atoms with van der Waals surface area (Å²) in [4.78, 5) is 1.68. The molecule has 0 aliphatic carbocycles. The number of hydrogen-bond donors (Lipinski definition) is 0.